The van der Waals surface area contributed by atoms with Gasteiger partial charge in [-0.15, -0.1) is 0 Å². The first-order chi connectivity index (χ1) is 12.8. The zero-order valence-corrected chi connectivity index (χ0v) is 16.6. The maximum Gasteiger partial charge on any atom is 0.248 e. The highest BCUT2D eigenvalue weighted by Crippen LogP contribution is 2.24. The molecule has 7 nitrogen and oxygen atoms in total. The molecule has 0 N–H and O–H groups in total. The number of hydrogen-bond donors (Lipinski definition) is 0. The van der Waals surface area contributed by atoms with Gasteiger partial charge in [0.25, 0.3) is 0 Å². The number of piperazine rings is 1. The summed E-state index contributed by atoms with van der Waals surface area (Å²) in [6.07, 6.45) is 3.12. The number of amides is 1. The first-order valence-corrected chi connectivity index (χ1v) is 10.3. The van der Waals surface area contributed by atoms with Gasteiger partial charge in [-0.05, 0) is 31.6 Å². The summed E-state index contributed by atoms with van der Waals surface area (Å²) in [4.78, 5) is 14.1. The quantitative estimate of drug-likeness (QED) is 0.724. The van der Waals surface area contributed by atoms with Gasteiger partial charge < -0.3 is 9.42 Å². The maximum absolute atomic E-state index is 12.8. The van der Waals surface area contributed by atoms with E-state index in [1.165, 1.54) is 10.4 Å². The number of rotatable bonds is 4. The molecule has 9 heteroatoms. The molecule has 1 amide bonds. The van der Waals surface area contributed by atoms with Crippen molar-refractivity contribution in [3.63, 3.8) is 0 Å². The van der Waals surface area contributed by atoms with E-state index in [0.29, 0.717) is 23.8 Å². The second-order valence-electron chi connectivity index (χ2n) is 6.24. The maximum atomic E-state index is 12.8. The van der Waals surface area contributed by atoms with Crippen molar-refractivity contribution in [2.75, 3.05) is 26.2 Å². The van der Waals surface area contributed by atoms with Crippen LogP contribution in [-0.4, -0.2) is 54.9 Å². The van der Waals surface area contributed by atoms with Crippen LogP contribution in [0.2, 0.25) is 5.02 Å². The highest BCUT2D eigenvalue weighted by Gasteiger charge is 2.33. The molecule has 144 valence electrons. The van der Waals surface area contributed by atoms with Crippen molar-refractivity contribution in [1.82, 2.24) is 14.4 Å². The van der Waals surface area contributed by atoms with E-state index in [2.05, 4.69) is 5.16 Å². The summed E-state index contributed by atoms with van der Waals surface area (Å²) < 4.78 is 32.0. The monoisotopic (exact) mass is 409 g/mol. The van der Waals surface area contributed by atoms with Gasteiger partial charge in [0, 0.05) is 37.3 Å². The second kappa shape index (κ2) is 7.84. The molecule has 0 aliphatic carbocycles. The molecule has 2 aromatic rings. The SMILES string of the molecule is Cc1noc(C)c1S(=O)(=O)N1CCN(C(=O)/C=C/c2ccccc2Cl)CC1. The van der Waals surface area contributed by atoms with Crippen LogP contribution in [0.4, 0.5) is 0 Å². The van der Waals surface area contributed by atoms with Gasteiger partial charge in [0.05, 0.1) is 0 Å². The Balaban J connectivity index is 1.65. The van der Waals surface area contributed by atoms with E-state index in [-0.39, 0.29) is 29.7 Å². The molecule has 0 radical (unpaired) electrons. The molecular weight excluding hydrogens is 390 g/mol. The molecule has 2 heterocycles. The number of nitrogens with zero attached hydrogens (tertiary/aromatic N) is 3. The normalized spacial score (nSPS) is 16.2. The largest absolute Gasteiger partial charge is 0.360 e. The summed E-state index contributed by atoms with van der Waals surface area (Å²) in [6, 6.07) is 7.23. The number of benzene rings is 1. The van der Waals surface area contributed by atoms with Crippen molar-refractivity contribution in [3.8, 4) is 0 Å². The summed E-state index contributed by atoms with van der Waals surface area (Å²) in [5.74, 6) is 0.0954. The van der Waals surface area contributed by atoms with Crippen LogP contribution in [0, 0.1) is 13.8 Å². The molecule has 1 saturated heterocycles. The number of sulfonamides is 1. The van der Waals surface area contributed by atoms with Gasteiger partial charge in [-0.3, -0.25) is 4.79 Å². The molecular formula is C18H20ClN3O4S. The third-order valence-corrected chi connectivity index (χ3v) is 6.91. The molecule has 0 bridgehead atoms. The van der Waals surface area contributed by atoms with Crippen LogP contribution in [-0.2, 0) is 14.8 Å². The van der Waals surface area contributed by atoms with E-state index in [1.807, 2.05) is 18.2 Å². The summed E-state index contributed by atoms with van der Waals surface area (Å²) in [6.45, 7) is 4.24. The molecule has 1 fully saturated rings. The average Bonchev–Trinajstić information content (AvgIpc) is 3.00. The molecule has 0 saturated carbocycles. The van der Waals surface area contributed by atoms with E-state index < -0.39 is 10.0 Å². The molecule has 1 aliphatic rings. The van der Waals surface area contributed by atoms with Gasteiger partial charge in [-0.25, -0.2) is 8.42 Å². The lowest BCUT2D eigenvalue weighted by Gasteiger charge is -2.33. The predicted molar refractivity (Wildman–Crippen MR) is 102 cm³/mol. The third kappa shape index (κ3) is 4.07. The van der Waals surface area contributed by atoms with E-state index in [1.54, 1.807) is 30.9 Å². The number of aryl methyl sites for hydroxylation is 2. The lowest BCUT2D eigenvalue weighted by atomic mass is 10.2. The summed E-state index contributed by atoms with van der Waals surface area (Å²) in [5, 5.41) is 4.28. The summed E-state index contributed by atoms with van der Waals surface area (Å²) in [5.41, 5.74) is 1.10. The minimum atomic E-state index is -3.69. The number of carbonyl (C=O) groups excluding carboxylic acids is 1. The molecule has 0 spiro atoms. The number of aromatic nitrogens is 1. The van der Waals surface area contributed by atoms with Crippen molar-refractivity contribution in [2.45, 2.75) is 18.7 Å². The van der Waals surface area contributed by atoms with Crippen LogP contribution in [0.15, 0.2) is 39.8 Å². The van der Waals surface area contributed by atoms with Gasteiger partial charge in [0.15, 0.2) is 5.76 Å². The summed E-state index contributed by atoms with van der Waals surface area (Å²) in [7, 11) is -3.69. The van der Waals surface area contributed by atoms with E-state index in [0.717, 1.165) is 5.56 Å². The fourth-order valence-electron chi connectivity index (χ4n) is 3.00. The van der Waals surface area contributed by atoms with Crippen molar-refractivity contribution < 1.29 is 17.7 Å². The molecule has 1 aliphatic heterocycles. The van der Waals surface area contributed by atoms with Crippen LogP contribution in [0.25, 0.3) is 6.08 Å². The van der Waals surface area contributed by atoms with Crippen LogP contribution in [0.5, 0.6) is 0 Å². The topological polar surface area (TPSA) is 83.7 Å². The Morgan fingerprint density at radius 3 is 2.44 bits per heavy atom. The lowest BCUT2D eigenvalue weighted by molar-refractivity contribution is -0.127. The van der Waals surface area contributed by atoms with Crippen molar-refractivity contribution in [2.24, 2.45) is 0 Å². The molecule has 1 aromatic carbocycles. The minimum absolute atomic E-state index is 0.112. The van der Waals surface area contributed by atoms with Gasteiger partial charge in [-0.2, -0.15) is 4.31 Å². The lowest BCUT2D eigenvalue weighted by Crippen LogP contribution is -2.50. The molecule has 0 unspecified atom stereocenters. The van der Waals surface area contributed by atoms with Gasteiger partial charge >= 0.3 is 0 Å². The third-order valence-electron chi connectivity index (χ3n) is 4.43. The van der Waals surface area contributed by atoms with E-state index in [9.17, 15) is 13.2 Å². The second-order valence-corrected chi connectivity index (χ2v) is 8.52. The molecule has 0 atom stereocenters. The van der Waals surface area contributed by atoms with E-state index in [4.69, 9.17) is 16.1 Å². The Morgan fingerprint density at radius 1 is 1.19 bits per heavy atom. The first kappa shape index (κ1) is 19.6. The Labute approximate surface area is 163 Å². The minimum Gasteiger partial charge on any atom is -0.360 e. The zero-order valence-electron chi connectivity index (χ0n) is 15.1. The number of carbonyl (C=O) groups is 1. The fraction of sp³-hybridized carbons (Fsp3) is 0.333. The smallest absolute Gasteiger partial charge is 0.248 e. The highest BCUT2D eigenvalue weighted by molar-refractivity contribution is 7.89. The Bertz CT molecular complexity index is 957. The fourth-order valence-corrected chi connectivity index (χ4v) is 4.91. The standard InChI is InChI=1S/C18H20ClN3O4S/c1-13-18(14(2)26-20-13)27(24,25)22-11-9-21(10-12-22)17(23)8-7-15-5-3-4-6-16(15)19/h3-8H,9-12H2,1-2H3/b8-7+. The van der Waals surface area contributed by atoms with Crippen molar-refractivity contribution in [1.29, 1.82) is 0 Å². The van der Waals surface area contributed by atoms with Crippen LogP contribution in [0.1, 0.15) is 17.0 Å². The van der Waals surface area contributed by atoms with Crippen molar-refractivity contribution in [3.05, 3.63) is 52.4 Å². The summed E-state index contributed by atoms with van der Waals surface area (Å²) >= 11 is 6.07. The van der Waals surface area contributed by atoms with Gasteiger partial charge in [-0.1, -0.05) is 35.0 Å². The van der Waals surface area contributed by atoms with Gasteiger partial charge in [0.1, 0.15) is 10.6 Å². The van der Waals surface area contributed by atoms with Crippen LogP contribution in [0.3, 0.4) is 0 Å². The molecule has 27 heavy (non-hydrogen) atoms. The number of halogens is 1. The molecule has 1 aromatic heterocycles. The van der Waals surface area contributed by atoms with Gasteiger partial charge in [0.2, 0.25) is 15.9 Å². The first-order valence-electron chi connectivity index (χ1n) is 8.45. The van der Waals surface area contributed by atoms with Crippen molar-refractivity contribution >= 4 is 33.6 Å². The number of hydrogen-bond acceptors (Lipinski definition) is 5. The molecule has 3 rings (SSSR count). The van der Waals surface area contributed by atoms with E-state index >= 15 is 0 Å². The Morgan fingerprint density at radius 2 is 1.85 bits per heavy atom. The zero-order chi connectivity index (χ0) is 19.6. The average molecular weight is 410 g/mol. The van der Waals surface area contributed by atoms with Crippen LogP contribution < -0.4 is 0 Å². The Kier molecular flexibility index (Phi) is 5.69. The Hall–Kier alpha value is -2.16. The highest BCUT2D eigenvalue weighted by atomic mass is 35.5. The van der Waals surface area contributed by atoms with Crippen LogP contribution >= 0.6 is 11.6 Å². The predicted octanol–water partition coefficient (Wildman–Crippen LogP) is 2.49.